The average molecular weight is 317 g/mol. The molecule has 0 radical (unpaired) electrons. The molecule has 1 aliphatic carbocycles. The van der Waals surface area contributed by atoms with E-state index in [0.717, 1.165) is 6.61 Å². The molecule has 2 heteroatoms. The van der Waals surface area contributed by atoms with Crippen LogP contribution in [0.4, 0.5) is 0 Å². The zero-order chi connectivity index (χ0) is 15.9. The van der Waals surface area contributed by atoms with E-state index in [9.17, 15) is 0 Å². The fourth-order valence-corrected chi connectivity index (χ4v) is 10.0. The minimum atomic E-state index is -1.85. The Labute approximate surface area is 137 Å². The van der Waals surface area contributed by atoms with Crippen molar-refractivity contribution in [2.24, 2.45) is 0 Å². The molecule has 0 aromatic heterocycles. The third-order valence-electron chi connectivity index (χ3n) is 5.96. The predicted octanol–water partition coefficient (Wildman–Crippen LogP) is 5.02. The molecule has 0 atom stereocenters. The highest BCUT2D eigenvalue weighted by atomic mass is 28.4. The maximum absolute atomic E-state index is 6.72. The summed E-state index contributed by atoms with van der Waals surface area (Å²) in [6.07, 6.45) is 7.77. The third kappa shape index (κ3) is 2.30. The molecule has 0 unspecified atom stereocenters. The molecule has 0 N–H and O–H groups in total. The number of fused-ring (bicyclic) bond motifs is 3. The van der Waals surface area contributed by atoms with Gasteiger partial charge in [0.1, 0.15) is 0 Å². The fourth-order valence-electron chi connectivity index (χ4n) is 4.95. The number of hydrogen-bond donors (Lipinski definition) is 0. The van der Waals surface area contributed by atoms with Crippen LogP contribution in [-0.4, -0.2) is 8.32 Å². The van der Waals surface area contributed by atoms with E-state index in [0.29, 0.717) is 11.1 Å². The molecule has 22 heavy (non-hydrogen) atoms. The highest BCUT2D eigenvalue weighted by Crippen LogP contribution is 2.42. The second kappa shape index (κ2) is 6.12. The highest BCUT2D eigenvalue weighted by Gasteiger charge is 2.51. The van der Waals surface area contributed by atoms with E-state index in [1.807, 2.05) is 0 Å². The van der Waals surface area contributed by atoms with Gasteiger partial charge < -0.3 is 4.43 Å². The van der Waals surface area contributed by atoms with Gasteiger partial charge in [-0.2, -0.15) is 0 Å². The maximum atomic E-state index is 6.72. The minimum absolute atomic E-state index is 0.661. The van der Waals surface area contributed by atoms with Crippen molar-refractivity contribution >= 4 is 13.5 Å². The zero-order valence-electron chi connectivity index (χ0n) is 15.1. The van der Waals surface area contributed by atoms with Gasteiger partial charge in [0.2, 0.25) is 8.32 Å². The van der Waals surface area contributed by atoms with Crippen molar-refractivity contribution in [3.63, 3.8) is 0 Å². The van der Waals surface area contributed by atoms with Gasteiger partial charge >= 0.3 is 0 Å². The minimum Gasteiger partial charge on any atom is -0.408 e. The van der Waals surface area contributed by atoms with Crippen molar-refractivity contribution in [3.05, 3.63) is 28.3 Å². The normalized spacial score (nSPS) is 19.0. The summed E-state index contributed by atoms with van der Waals surface area (Å²) in [5.41, 5.74) is 7.93. The van der Waals surface area contributed by atoms with Crippen LogP contribution in [0.15, 0.2) is 6.07 Å². The van der Waals surface area contributed by atoms with Crippen LogP contribution in [0.25, 0.3) is 0 Å². The first-order valence-electron chi connectivity index (χ1n) is 9.33. The largest absolute Gasteiger partial charge is 0.408 e. The molecule has 1 heterocycles. The lowest BCUT2D eigenvalue weighted by atomic mass is 9.97. The maximum Gasteiger partial charge on any atom is 0.230 e. The lowest BCUT2D eigenvalue weighted by Crippen LogP contribution is -2.54. The number of rotatable bonds is 5. The average Bonchev–Trinajstić information content (AvgIpc) is 3.08. The molecule has 0 amide bonds. The summed E-state index contributed by atoms with van der Waals surface area (Å²) in [4.78, 5) is 0. The van der Waals surface area contributed by atoms with Gasteiger partial charge in [0.15, 0.2) is 0 Å². The van der Waals surface area contributed by atoms with Gasteiger partial charge in [0.05, 0.1) is 6.61 Å². The number of unbranched alkanes of at least 4 members (excludes halogenated alkanes) is 1. The van der Waals surface area contributed by atoms with Crippen LogP contribution >= 0.6 is 0 Å². The Kier molecular flexibility index (Phi) is 4.53. The van der Waals surface area contributed by atoms with E-state index < -0.39 is 8.32 Å². The summed E-state index contributed by atoms with van der Waals surface area (Å²) < 4.78 is 6.72. The quantitative estimate of drug-likeness (QED) is 0.693. The van der Waals surface area contributed by atoms with E-state index >= 15 is 0 Å². The first kappa shape index (κ1) is 16.3. The predicted molar refractivity (Wildman–Crippen MR) is 97.5 cm³/mol. The SMILES string of the molecule is CCCCc1cc2c(c3c1[Si](C(C)C)(C(C)C)OC3)CCC2. The first-order chi connectivity index (χ1) is 10.5. The second-order valence-electron chi connectivity index (χ2n) is 7.88. The molecule has 0 fully saturated rings. The molecule has 3 rings (SSSR count). The van der Waals surface area contributed by atoms with Gasteiger partial charge in [-0.25, -0.2) is 0 Å². The van der Waals surface area contributed by atoms with Gasteiger partial charge in [-0.1, -0.05) is 47.1 Å². The second-order valence-corrected chi connectivity index (χ2v) is 12.6. The zero-order valence-corrected chi connectivity index (χ0v) is 16.1. The molecule has 0 bridgehead atoms. The van der Waals surface area contributed by atoms with Crippen LogP contribution in [0.1, 0.15) is 76.1 Å². The van der Waals surface area contributed by atoms with Gasteiger partial charge in [-0.05, 0) is 70.6 Å². The molecule has 2 aliphatic rings. The number of benzene rings is 1. The van der Waals surface area contributed by atoms with E-state index in [1.165, 1.54) is 38.5 Å². The highest BCUT2D eigenvalue weighted by molar-refractivity contribution is 6.90. The molecule has 1 aliphatic heterocycles. The summed E-state index contributed by atoms with van der Waals surface area (Å²) in [5, 5.41) is 1.73. The summed E-state index contributed by atoms with van der Waals surface area (Å²) in [7, 11) is -1.85. The van der Waals surface area contributed by atoms with Gasteiger partial charge in [0, 0.05) is 0 Å². The summed E-state index contributed by atoms with van der Waals surface area (Å²) in [6, 6.07) is 2.58. The number of aryl methyl sites for hydroxylation is 2. The summed E-state index contributed by atoms with van der Waals surface area (Å²) >= 11 is 0. The van der Waals surface area contributed by atoms with Crippen molar-refractivity contribution < 1.29 is 4.43 Å². The fraction of sp³-hybridized carbons (Fsp3) is 0.700. The third-order valence-corrected chi connectivity index (χ3v) is 11.4. The first-order valence-corrected chi connectivity index (χ1v) is 11.4. The standard InChI is InChI=1S/C20H32OSi/c1-6-7-9-17-12-16-10-8-11-18(16)19-13-21-22(14(2)3,15(4)5)20(17)19/h12,14-15H,6-11,13H2,1-5H3. The molecule has 0 saturated carbocycles. The van der Waals surface area contributed by atoms with Crippen LogP contribution in [-0.2, 0) is 30.3 Å². The van der Waals surface area contributed by atoms with Gasteiger partial charge in [0.25, 0.3) is 0 Å². The monoisotopic (exact) mass is 316 g/mol. The van der Waals surface area contributed by atoms with Gasteiger partial charge in [-0.3, -0.25) is 0 Å². The topological polar surface area (TPSA) is 9.23 Å². The Balaban J connectivity index is 2.19. The van der Waals surface area contributed by atoms with Crippen LogP contribution in [0, 0.1) is 0 Å². The van der Waals surface area contributed by atoms with Crippen LogP contribution in [0.5, 0.6) is 0 Å². The van der Waals surface area contributed by atoms with E-state index in [-0.39, 0.29) is 0 Å². The van der Waals surface area contributed by atoms with Gasteiger partial charge in [-0.15, -0.1) is 0 Å². The lowest BCUT2D eigenvalue weighted by Gasteiger charge is -2.36. The molecule has 122 valence electrons. The van der Waals surface area contributed by atoms with E-state index in [1.54, 1.807) is 27.4 Å². The van der Waals surface area contributed by atoms with Crippen molar-refractivity contribution in [3.8, 4) is 0 Å². The Morgan fingerprint density at radius 3 is 2.45 bits per heavy atom. The summed E-state index contributed by atoms with van der Waals surface area (Å²) in [5.74, 6) is 0. The molecule has 1 aromatic carbocycles. The number of hydrogen-bond acceptors (Lipinski definition) is 1. The molecule has 0 saturated heterocycles. The Morgan fingerprint density at radius 1 is 1.09 bits per heavy atom. The Bertz CT molecular complexity index is 551. The molecular formula is C20H32OSi. The smallest absolute Gasteiger partial charge is 0.230 e. The summed E-state index contributed by atoms with van der Waals surface area (Å²) in [6.45, 7) is 12.8. The molecule has 0 spiro atoms. The van der Waals surface area contributed by atoms with Crippen LogP contribution < -0.4 is 5.19 Å². The molecular weight excluding hydrogens is 284 g/mol. The van der Waals surface area contributed by atoms with Crippen molar-refractivity contribution in [1.29, 1.82) is 0 Å². The van der Waals surface area contributed by atoms with Crippen molar-refractivity contribution in [1.82, 2.24) is 0 Å². The van der Waals surface area contributed by atoms with E-state index in [4.69, 9.17) is 4.43 Å². The van der Waals surface area contributed by atoms with Crippen molar-refractivity contribution in [2.75, 3.05) is 0 Å². The van der Waals surface area contributed by atoms with E-state index in [2.05, 4.69) is 40.7 Å². The Hall–Kier alpha value is -0.603. The Morgan fingerprint density at radius 2 is 1.82 bits per heavy atom. The lowest BCUT2D eigenvalue weighted by molar-refractivity contribution is 0.299. The molecule has 1 aromatic rings. The molecule has 1 nitrogen and oxygen atoms in total. The van der Waals surface area contributed by atoms with Crippen LogP contribution in [0.2, 0.25) is 11.1 Å². The van der Waals surface area contributed by atoms with Crippen molar-refractivity contribution in [2.45, 2.75) is 90.8 Å². The van der Waals surface area contributed by atoms with Crippen LogP contribution in [0.3, 0.4) is 0 Å².